The lowest BCUT2D eigenvalue weighted by Gasteiger charge is -2.20. The topological polar surface area (TPSA) is 69.6 Å². The first-order valence-corrected chi connectivity index (χ1v) is 6.45. The Hall–Kier alpha value is -1.72. The van der Waals surface area contributed by atoms with E-state index in [1.165, 1.54) is 6.08 Å². The third kappa shape index (κ3) is 4.15. The Kier molecular flexibility index (Phi) is 5.85. The normalized spacial score (nSPS) is 9.95. The minimum Gasteiger partial charge on any atom is -0.480 e. The zero-order valence-corrected chi connectivity index (χ0v) is 12.3. The molecule has 1 rings (SSSR count). The molecule has 7 heteroatoms. The number of hydrogen-bond acceptors (Lipinski definition) is 2. The van der Waals surface area contributed by atoms with Gasteiger partial charge in [0.1, 0.15) is 6.54 Å². The van der Waals surface area contributed by atoms with Crippen LogP contribution in [0.2, 0.25) is 10.0 Å². The number of nitrogens with one attached hydrogen (secondary N) is 1. The van der Waals surface area contributed by atoms with Gasteiger partial charge in [-0.1, -0.05) is 35.3 Å². The number of benzene rings is 1. The Labute approximate surface area is 126 Å². The number of urea groups is 1. The summed E-state index contributed by atoms with van der Waals surface area (Å²) in [5.74, 6) is -1.12. The van der Waals surface area contributed by atoms with Crippen LogP contribution in [-0.4, -0.2) is 35.1 Å². The molecule has 0 radical (unpaired) electrons. The van der Waals surface area contributed by atoms with Crippen LogP contribution in [0, 0.1) is 6.92 Å². The third-order valence-corrected chi connectivity index (χ3v) is 3.28. The smallest absolute Gasteiger partial charge is 0.323 e. The number of halogens is 2. The molecule has 0 aliphatic carbocycles. The monoisotopic (exact) mass is 316 g/mol. The van der Waals surface area contributed by atoms with Crippen LogP contribution in [0.1, 0.15) is 5.56 Å². The number of amides is 2. The summed E-state index contributed by atoms with van der Waals surface area (Å²) in [4.78, 5) is 23.8. The van der Waals surface area contributed by atoms with Crippen LogP contribution in [0.3, 0.4) is 0 Å². The van der Waals surface area contributed by atoms with Crippen LogP contribution >= 0.6 is 23.2 Å². The fourth-order valence-corrected chi connectivity index (χ4v) is 1.96. The molecule has 0 saturated heterocycles. The van der Waals surface area contributed by atoms with E-state index in [0.29, 0.717) is 5.02 Å². The van der Waals surface area contributed by atoms with E-state index in [-0.39, 0.29) is 17.3 Å². The number of aryl methyl sites for hydroxylation is 1. The van der Waals surface area contributed by atoms with Crippen molar-refractivity contribution in [1.29, 1.82) is 0 Å². The van der Waals surface area contributed by atoms with Crippen molar-refractivity contribution in [1.82, 2.24) is 4.90 Å². The number of carboxylic acids is 1. The van der Waals surface area contributed by atoms with Crippen molar-refractivity contribution in [3.8, 4) is 0 Å². The highest BCUT2D eigenvalue weighted by Gasteiger charge is 2.18. The molecule has 0 bridgehead atoms. The van der Waals surface area contributed by atoms with Gasteiger partial charge in [0.2, 0.25) is 0 Å². The number of aliphatic carboxylic acids is 1. The SMILES string of the molecule is C=CCN(CC(=O)O)C(=O)Nc1c(Cl)ccc(C)c1Cl. The lowest BCUT2D eigenvalue weighted by atomic mass is 10.2. The standard InChI is InChI=1S/C13H14Cl2N2O3/c1-3-6-17(7-10(18)19)13(20)16-12-9(14)5-4-8(2)11(12)15/h3-5H,1,6-7H2,2H3,(H,16,20)(H,18,19). The molecule has 20 heavy (non-hydrogen) atoms. The van der Waals surface area contributed by atoms with E-state index < -0.39 is 18.5 Å². The van der Waals surface area contributed by atoms with Crippen molar-refractivity contribution in [2.75, 3.05) is 18.4 Å². The van der Waals surface area contributed by atoms with Crippen LogP contribution in [0.25, 0.3) is 0 Å². The highest BCUT2D eigenvalue weighted by molar-refractivity contribution is 6.40. The zero-order valence-electron chi connectivity index (χ0n) is 10.8. The van der Waals surface area contributed by atoms with Gasteiger partial charge >= 0.3 is 12.0 Å². The number of nitrogens with zero attached hydrogens (tertiary/aromatic N) is 1. The highest BCUT2D eigenvalue weighted by Crippen LogP contribution is 2.33. The van der Waals surface area contributed by atoms with Crippen molar-refractivity contribution in [3.63, 3.8) is 0 Å². The average Bonchev–Trinajstić information content (AvgIpc) is 2.38. The van der Waals surface area contributed by atoms with E-state index in [9.17, 15) is 9.59 Å². The number of carboxylic acid groups (broad SMARTS) is 1. The molecule has 5 nitrogen and oxygen atoms in total. The Bertz CT molecular complexity index is 547. The molecular weight excluding hydrogens is 303 g/mol. The van der Waals surface area contributed by atoms with Crippen LogP contribution < -0.4 is 5.32 Å². The van der Waals surface area contributed by atoms with Crippen molar-refractivity contribution in [3.05, 3.63) is 40.4 Å². The van der Waals surface area contributed by atoms with E-state index in [1.807, 2.05) is 0 Å². The van der Waals surface area contributed by atoms with E-state index in [1.54, 1.807) is 19.1 Å². The van der Waals surface area contributed by atoms with Gasteiger partial charge in [-0.2, -0.15) is 0 Å². The van der Waals surface area contributed by atoms with Crippen LogP contribution in [0.5, 0.6) is 0 Å². The highest BCUT2D eigenvalue weighted by atomic mass is 35.5. The number of rotatable bonds is 5. The van der Waals surface area contributed by atoms with E-state index in [4.69, 9.17) is 28.3 Å². The van der Waals surface area contributed by atoms with Gasteiger partial charge in [0.05, 0.1) is 15.7 Å². The van der Waals surface area contributed by atoms with Gasteiger partial charge in [-0.25, -0.2) is 4.79 Å². The Morgan fingerprint density at radius 1 is 1.45 bits per heavy atom. The quantitative estimate of drug-likeness (QED) is 0.818. The largest absolute Gasteiger partial charge is 0.480 e. The molecule has 1 aromatic carbocycles. The molecule has 0 aliphatic heterocycles. The average molecular weight is 317 g/mol. The summed E-state index contributed by atoms with van der Waals surface area (Å²) in [6.45, 7) is 4.90. The number of carbonyl (C=O) groups excluding carboxylic acids is 1. The van der Waals surface area contributed by atoms with Gasteiger partial charge in [0, 0.05) is 6.54 Å². The van der Waals surface area contributed by atoms with Crippen molar-refractivity contribution in [2.24, 2.45) is 0 Å². The maximum Gasteiger partial charge on any atom is 0.323 e. The summed E-state index contributed by atoms with van der Waals surface area (Å²) in [6, 6.07) is 2.72. The van der Waals surface area contributed by atoms with Crippen LogP contribution in [0.15, 0.2) is 24.8 Å². The minimum absolute atomic E-state index is 0.0964. The fraction of sp³-hybridized carbons (Fsp3) is 0.231. The summed E-state index contributed by atoms with van der Waals surface area (Å²) >= 11 is 12.1. The summed E-state index contributed by atoms with van der Waals surface area (Å²) in [5.41, 5.74) is 1.01. The number of hydrogen-bond donors (Lipinski definition) is 2. The molecule has 2 N–H and O–H groups in total. The first kappa shape index (κ1) is 16.3. The van der Waals surface area contributed by atoms with E-state index in [2.05, 4.69) is 11.9 Å². The molecule has 1 aromatic rings. The molecule has 0 aliphatic rings. The lowest BCUT2D eigenvalue weighted by Crippen LogP contribution is -2.38. The van der Waals surface area contributed by atoms with Crippen molar-refractivity contribution in [2.45, 2.75) is 6.92 Å². The summed E-state index contributed by atoms with van der Waals surface area (Å²) in [5, 5.41) is 11.9. The molecule has 0 spiro atoms. The van der Waals surface area contributed by atoms with Gasteiger partial charge in [-0.15, -0.1) is 6.58 Å². The predicted octanol–water partition coefficient (Wildman–Crippen LogP) is 3.41. The fourth-order valence-electron chi connectivity index (χ4n) is 1.50. The van der Waals surface area contributed by atoms with Crippen molar-refractivity contribution >= 4 is 40.9 Å². The second kappa shape index (κ2) is 7.17. The Morgan fingerprint density at radius 2 is 2.10 bits per heavy atom. The molecule has 0 aromatic heterocycles. The summed E-state index contributed by atoms with van der Waals surface area (Å²) in [6.07, 6.45) is 1.43. The predicted molar refractivity (Wildman–Crippen MR) is 79.6 cm³/mol. The van der Waals surface area contributed by atoms with Gasteiger partial charge in [0.25, 0.3) is 0 Å². The molecule has 0 heterocycles. The second-order valence-electron chi connectivity index (χ2n) is 4.05. The van der Waals surface area contributed by atoms with Crippen LogP contribution in [-0.2, 0) is 4.79 Å². The number of carbonyl (C=O) groups is 2. The molecule has 2 amide bonds. The Morgan fingerprint density at radius 3 is 2.65 bits per heavy atom. The van der Waals surface area contributed by atoms with Gasteiger partial charge in [0.15, 0.2) is 0 Å². The molecule has 0 unspecified atom stereocenters. The molecular formula is C13H14Cl2N2O3. The van der Waals surface area contributed by atoms with Gasteiger partial charge < -0.3 is 15.3 Å². The lowest BCUT2D eigenvalue weighted by molar-refractivity contribution is -0.137. The molecule has 108 valence electrons. The molecule has 0 atom stereocenters. The van der Waals surface area contributed by atoms with Crippen LogP contribution in [0.4, 0.5) is 10.5 Å². The third-order valence-electron chi connectivity index (χ3n) is 2.48. The maximum atomic E-state index is 12.0. The summed E-state index contributed by atoms with van der Waals surface area (Å²) in [7, 11) is 0. The molecule has 0 fully saturated rings. The Balaban J connectivity index is 2.96. The zero-order chi connectivity index (χ0) is 15.3. The van der Waals surface area contributed by atoms with E-state index >= 15 is 0 Å². The minimum atomic E-state index is -1.12. The van der Waals surface area contributed by atoms with Gasteiger partial charge in [-0.05, 0) is 18.6 Å². The maximum absolute atomic E-state index is 12.0. The first-order valence-electron chi connectivity index (χ1n) is 5.70. The van der Waals surface area contributed by atoms with E-state index in [0.717, 1.165) is 10.5 Å². The number of anilines is 1. The summed E-state index contributed by atoms with van der Waals surface area (Å²) < 4.78 is 0. The molecule has 0 saturated carbocycles. The van der Waals surface area contributed by atoms with Crippen molar-refractivity contribution < 1.29 is 14.7 Å². The second-order valence-corrected chi connectivity index (χ2v) is 4.83. The van der Waals surface area contributed by atoms with Gasteiger partial charge in [-0.3, -0.25) is 4.79 Å². The first-order chi connectivity index (χ1) is 9.36.